The van der Waals surface area contributed by atoms with E-state index in [1.54, 1.807) is 21.3 Å². The third-order valence-electron chi connectivity index (χ3n) is 3.37. The maximum atomic E-state index is 5.56. The second-order valence-corrected chi connectivity index (χ2v) is 8.88. The van der Waals surface area contributed by atoms with Gasteiger partial charge in [-0.15, -0.1) is 0 Å². The van der Waals surface area contributed by atoms with Crippen LogP contribution in [0, 0.1) is 0 Å². The summed E-state index contributed by atoms with van der Waals surface area (Å²) in [7, 11) is 6.97. The molecular formula is C14H32ClNO4Si. The highest BCUT2D eigenvalue weighted by Gasteiger charge is 2.37. The van der Waals surface area contributed by atoms with Crippen molar-refractivity contribution < 1.29 is 34.9 Å². The maximum absolute atomic E-state index is 5.56. The lowest BCUT2D eigenvalue weighted by atomic mass is 10.3. The molecule has 5 nitrogen and oxygen atoms in total. The molecule has 0 bridgehead atoms. The third-order valence-corrected chi connectivity index (χ3v) is 6.20. The van der Waals surface area contributed by atoms with E-state index < -0.39 is 8.80 Å². The number of nitrogens with zero attached hydrogens (tertiary/aromatic N) is 1. The average Bonchev–Trinajstić information content (AvgIpc) is 2.40. The summed E-state index contributed by atoms with van der Waals surface area (Å²) in [5.74, 6) is 0. The topological polar surface area (TPSA) is 36.9 Å². The van der Waals surface area contributed by atoms with E-state index >= 15 is 0 Å². The maximum Gasteiger partial charge on any atom is 0.500 e. The van der Waals surface area contributed by atoms with Crippen LogP contribution in [0.3, 0.4) is 0 Å². The number of quaternary nitrogens is 1. The molecule has 0 aliphatic rings. The summed E-state index contributed by atoms with van der Waals surface area (Å²) in [5.41, 5.74) is 1.06. The van der Waals surface area contributed by atoms with Crippen LogP contribution in [0.5, 0.6) is 0 Å². The van der Waals surface area contributed by atoms with Crippen LogP contribution in [0.1, 0.15) is 13.3 Å². The molecule has 7 heteroatoms. The van der Waals surface area contributed by atoms with Crippen molar-refractivity contribution in [1.29, 1.82) is 0 Å². The quantitative estimate of drug-likeness (QED) is 0.196. The Bertz CT molecular complexity index is 278. The molecule has 0 saturated heterocycles. The first-order chi connectivity index (χ1) is 9.31. The Labute approximate surface area is 137 Å². The van der Waals surface area contributed by atoms with Crippen molar-refractivity contribution in [1.82, 2.24) is 0 Å². The predicted octanol–water partition coefficient (Wildman–Crippen LogP) is -1.07. The third kappa shape index (κ3) is 10.4. The molecule has 0 aromatic heterocycles. The molecule has 0 unspecified atom stereocenters. The van der Waals surface area contributed by atoms with E-state index in [0.29, 0.717) is 6.61 Å². The first-order valence-corrected chi connectivity index (χ1v) is 8.93. The van der Waals surface area contributed by atoms with E-state index in [4.69, 9.17) is 18.0 Å². The van der Waals surface area contributed by atoms with Gasteiger partial charge in [0.1, 0.15) is 6.54 Å². The highest BCUT2D eigenvalue weighted by Crippen LogP contribution is 2.16. The lowest BCUT2D eigenvalue weighted by Gasteiger charge is -2.31. The molecule has 0 aromatic rings. The SMILES string of the molecule is C=C(C)COCC[N+](C)(C)CCC[Si](OC)(OC)OC.[Cl-]. The van der Waals surface area contributed by atoms with Gasteiger partial charge in [-0.1, -0.05) is 12.2 Å². The fourth-order valence-corrected chi connectivity index (χ4v) is 3.65. The van der Waals surface area contributed by atoms with Crippen LogP contribution in [0.15, 0.2) is 12.2 Å². The molecule has 0 aliphatic carbocycles. The molecule has 0 atom stereocenters. The Hall–Kier alpha value is 0.0469. The summed E-state index contributed by atoms with van der Waals surface area (Å²) < 4.78 is 22.8. The highest BCUT2D eigenvalue weighted by atomic mass is 35.5. The fraction of sp³-hybridized carbons (Fsp3) is 0.857. The van der Waals surface area contributed by atoms with Crippen molar-refractivity contribution in [3.8, 4) is 0 Å². The molecule has 0 rings (SSSR count). The minimum Gasteiger partial charge on any atom is -1.00 e. The second-order valence-electron chi connectivity index (χ2n) is 5.79. The molecule has 0 radical (unpaired) electrons. The van der Waals surface area contributed by atoms with Crippen LogP contribution < -0.4 is 12.4 Å². The van der Waals surface area contributed by atoms with Crippen LogP contribution in [0.4, 0.5) is 0 Å². The zero-order valence-electron chi connectivity index (χ0n) is 14.4. The summed E-state index contributed by atoms with van der Waals surface area (Å²) in [4.78, 5) is 0. The first kappa shape index (κ1) is 23.3. The molecule has 0 spiro atoms. The Morgan fingerprint density at radius 2 is 1.57 bits per heavy atom. The van der Waals surface area contributed by atoms with Gasteiger partial charge in [-0.2, -0.15) is 0 Å². The molecule has 0 aliphatic heterocycles. The van der Waals surface area contributed by atoms with Gasteiger partial charge in [0.2, 0.25) is 0 Å². The lowest BCUT2D eigenvalue weighted by Crippen LogP contribution is -3.00. The second kappa shape index (κ2) is 11.6. The standard InChI is InChI=1S/C14H32NO4Si.ClH/c1-14(2)13-19-11-10-15(3,4)9-8-12-20(16-5,17-6)18-7;/h1,8-13H2,2-7H3;1H/q+1;/p-1. The van der Waals surface area contributed by atoms with Crippen LogP contribution in [0.2, 0.25) is 6.04 Å². The van der Waals surface area contributed by atoms with Gasteiger partial charge in [-0.3, -0.25) is 0 Å². The molecular weight excluding hydrogens is 310 g/mol. The summed E-state index contributed by atoms with van der Waals surface area (Å²) >= 11 is 0. The van der Waals surface area contributed by atoms with E-state index in [-0.39, 0.29) is 12.4 Å². The molecule has 0 aromatic carbocycles. The van der Waals surface area contributed by atoms with Crippen molar-refractivity contribution in [2.75, 3.05) is 61.7 Å². The van der Waals surface area contributed by atoms with Crippen LogP contribution in [-0.2, 0) is 18.0 Å². The molecule has 21 heavy (non-hydrogen) atoms. The molecule has 0 amide bonds. The summed E-state index contributed by atoms with van der Waals surface area (Å²) in [6, 6.07) is 0.838. The Balaban J connectivity index is 0. The molecule has 0 saturated carbocycles. The van der Waals surface area contributed by atoms with Crippen molar-refractivity contribution in [3.05, 3.63) is 12.2 Å². The number of hydrogen-bond acceptors (Lipinski definition) is 4. The van der Waals surface area contributed by atoms with Gasteiger partial charge in [0.05, 0.1) is 33.9 Å². The molecule has 0 N–H and O–H groups in total. The number of hydrogen-bond donors (Lipinski definition) is 0. The van der Waals surface area contributed by atoms with Crippen LogP contribution >= 0.6 is 0 Å². The Kier molecular flexibility index (Phi) is 12.9. The summed E-state index contributed by atoms with van der Waals surface area (Å²) in [6.07, 6.45) is 1.01. The molecule has 0 fully saturated rings. The van der Waals surface area contributed by atoms with Crippen molar-refractivity contribution in [2.45, 2.75) is 19.4 Å². The number of ether oxygens (including phenoxy) is 1. The number of halogens is 1. The monoisotopic (exact) mass is 341 g/mol. The minimum atomic E-state index is -2.42. The van der Waals surface area contributed by atoms with Gasteiger partial charge in [0.25, 0.3) is 0 Å². The predicted molar refractivity (Wildman–Crippen MR) is 83.7 cm³/mol. The Morgan fingerprint density at radius 3 is 2.00 bits per heavy atom. The zero-order chi connectivity index (χ0) is 15.6. The van der Waals surface area contributed by atoms with Crippen molar-refractivity contribution in [2.24, 2.45) is 0 Å². The normalized spacial score (nSPS) is 12.1. The van der Waals surface area contributed by atoms with Crippen LogP contribution in [-0.4, -0.2) is 75.0 Å². The van der Waals surface area contributed by atoms with Gasteiger partial charge in [-0.05, 0) is 6.92 Å². The van der Waals surface area contributed by atoms with E-state index in [9.17, 15) is 0 Å². The highest BCUT2D eigenvalue weighted by molar-refractivity contribution is 6.60. The zero-order valence-corrected chi connectivity index (χ0v) is 16.2. The van der Waals surface area contributed by atoms with Gasteiger partial charge < -0.3 is 34.9 Å². The van der Waals surface area contributed by atoms with Crippen LogP contribution in [0.25, 0.3) is 0 Å². The fourth-order valence-electron chi connectivity index (χ4n) is 1.95. The van der Waals surface area contributed by atoms with E-state index in [1.165, 1.54) is 0 Å². The smallest absolute Gasteiger partial charge is 0.500 e. The van der Waals surface area contributed by atoms with Gasteiger partial charge in [-0.25, -0.2) is 0 Å². The van der Waals surface area contributed by atoms with E-state index in [2.05, 4.69) is 20.7 Å². The molecule has 0 heterocycles. The van der Waals surface area contributed by atoms with Crippen molar-refractivity contribution in [3.63, 3.8) is 0 Å². The summed E-state index contributed by atoms with van der Waals surface area (Å²) in [6.45, 7) is 9.22. The van der Waals surface area contributed by atoms with E-state index in [1.807, 2.05) is 6.92 Å². The lowest BCUT2D eigenvalue weighted by molar-refractivity contribution is -0.890. The van der Waals surface area contributed by atoms with E-state index in [0.717, 1.165) is 42.2 Å². The Morgan fingerprint density at radius 1 is 1.05 bits per heavy atom. The summed E-state index contributed by atoms with van der Waals surface area (Å²) in [5, 5.41) is 0. The van der Waals surface area contributed by atoms with Crippen molar-refractivity contribution >= 4 is 8.80 Å². The average molecular weight is 342 g/mol. The first-order valence-electron chi connectivity index (χ1n) is 7.00. The number of rotatable bonds is 12. The number of likely N-dealkylation sites (N-methyl/N-ethyl adjacent to an activating group) is 1. The molecule has 128 valence electrons. The van der Waals surface area contributed by atoms with Gasteiger partial charge in [0, 0.05) is 33.8 Å². The minimum absolute atomic E-state index is 0. The largest absolute Gasteiger partial charge is 1.00 e. The van der Waals surface area contributed by atoms with Gasteiger partial charge >= 0.3 is 8.80 Å². The van der Waals surface area contributed by atoms with Gasteiger partial charge in [0.15, 0.2) is 0 Å².